The second kappa shape index (κ2) is 4.99. The summed E-state index contributed by atoms with van der Waals surface area (Å²) in [6.07, 6.45) is 2.12. The minimum atomic E-state index is -0.0101. The van der Waals surface area contributed by atoms with E-state index in [4.69, 9.17) is 9.15 Å². The number of hydrogen-bond acceptors (Lipinski definition) is 3. The van der Waals surface area contributed by atoms with Crippen molar-refractivity contribution in [1.82, 2.24) is 5.32 Å². The van der Waals surface area contributed by atoms with Crippen molar-refractivity contribution in [3.63, 3.8) is 0 Å². The van der Waals surface area contributed by atoms with E-state index in [0.29, 0.717) is 6.04 Å². The van der Waals surface area contributed by atoms with E-state index in [0.717, 1.165) is 37.3 Å². The summed E-state index contributed by atoms with van der Waals surface area (Å²) in [7, 11) is 0. The van der Waals surface area contributed by atoms with E-state index in [1.54, 1.807) is 0 Å². The maximum Gasteiger partial charge on any atom is 0.134 e. The van der Waals surface area contributed by atoms with Crippen molar-refractivity contribution in [3.05, 3.63) is 36.1 Å². The van der Waals surface area contributed by atoms with Crippen LogP contribution in [0.1, 0.15) is 32.4 Å². The quantitative estimate of drug-likeness (QED) is 0.916. The Morgan fingerprint density at radius 1 is 1.32 bits per heavy atom. The number of para-hydroxylation sites is 1. The van der Waals surface area contributed by atoms with Crippen LogP contribution in [-0.4, -0.2) is 18.2 Å². The van der Waals surface area contributed by atoms with E-state index in [2.05, 4.69) is 31.3 Å². The summed E-state index contributed by atoms with van der Waals surface area (Å²) in [6.45, 7) is 5.93. The fourth-order valence-electron chi connectivity index (χ4n) is 2.77. The molecule has 3 rings (SSSR count). The molecular formula is C16H21NO2. The zero-order valence-electron chi connectivity index (χ0n) is 11.6. The number of ether oxygens (including phenoxy) is 1. The van der Waals surface area contributed by atoms with Gasteiger partial charge < -0.3 is 14.5 Å². The molecule has 1 saturated heterocycles. The lowest BCUT2D eigenvalue weighted by Crippen LogP contribution is -2.43. The third-order valence-electron chi connectivity index (χ3n) is 3.74. The van der Waals surface area contributed by atoms with Crippen LogP contribution in [0.5, 0.6) is 0 Å². The molecular weight excluding hydrogens is 238 g/mol. The van der Waals surface area contributed by atoms with Crippen LogP contribution >= 0.6 is 0 Å². The molecule has 1 fully saturated rings. The largest absolute Gasteiger partial charge is 0.460 e. The molecule has 1 atom stereocenters. The first-order valence-electron chi connectivity index (χ1n) is 6.97. The number of furan rings is 1. The Hall–Kier alpha value is -1.32. The van der Waals surface area contributed by atoms with Gasteiger partial charge in [-0.15, -0.1) is 0 Å². The lowest BCUT2D eigenvalue weighted by Gasteiger charge is -2.35. The van der Waals surface area contributed by atoms with Crippen molar-refractivity contribution in [2.45, 2.75) is 44.9 Å². The SMILES string of the molecule is CC1(C)CC(NCc2cc3ccccc3o2)CCO1. The Morgan fingerprint density at radius 2 is 2.16 bits per heavy atom. The summed E-state index contributed by atoms with van der Waals surface area (Å²) in [6, 6.07) is 10.8. The molecule has 1 aromatic carbocycles. The Kier molecular flexibility index (Phi) is 3.33. The fourth-order valence-corrected chi connectivity index (χ4v) is 2.77. The van der Waals surface area contributed by atoms with Gasteiger partial charge in [-0.05, 0) is 38.8 Å². The highest BCUT2D eigenvalue weighted by Crippen LogP contribution is 2.24. The highest BCUT2D eigenvalue weighted by Gasteiger charge is 2.28. The number of fused-ring (bicyclic) bond motifs is 1. The second-order valence-corrected chi connectivity index (χ2v) is 5.93. The average molecular weight is 259 g/mol. The number of benzene rings is 1. The van der Waals surface area contributed by atoms with Gasteiger partial charge in [0, 0.05) is 18.0 Å². The molecule has 102 valence electrons. The van der Waals surface area contributed by atoms with Gasteiger partial charge in [0.15, 0.2) is 0 Å². The molecule has 3 heteroatoms. The summed E-state index contributed by atoms with van der Waals surface area (Å²) in [5, 5.41) is 4.75. The summed E-state index contributed by atoms with van der Waals surface area (Å²) in [5.74, 6) is 1.01. The van der Waals surface area contributed by atoms with Gasteiger partial charge >= 0.3 is 0 Å². The van der Waals surface area contributed by atoms with E-state index in [9.17, 15) is 0 Å². The standard InChI is InChI=1S/C16H21NO2/c1-16(2)10-13(7-8-18-16)17-11-14-9-12-5-3-4-6-15(12)19-14/h3-6,9,13,17H,7-8,10-11H2,1-2H3. The minimum absolute atomic E-state index is 0.0101. The fraction of sp³-hybridized carbons (Fsp3) is 0.500. The molecule has 1 aliphatic rings. The van der Waals surface area contributed by atoms with Gasteiger partial charge in [0.2, 0.25) is 0 Å². The van der Waals surface area contributed by atoms with Gasteiger partial charge in [-0.1, -0.05) is 18.2 Å². The van der Waals surface area contributed by atoms with Gasteiger partial charge in [-0.25, -0.2) is 0 Å². The number of nitrogens with one attached hydrogen (secondary N) is 1. The van der Waals surface area contributed by atoms with Crippen LogP contribution in [0.4, 0.5) is 0 Å². The third-order valence-corrected chi connectivity index (χ3v) is 3.74. The molecule has 0 amide bonds. The highest BCUT2D eigenvalue weighted by molar-refractivity contribution is 5.77. The van der Waals surface area contributed by atoms with Gasteiger partial charge in [0.05, 0.1) is 12.1 Å². The smallest absolute Gasteiger partial charge is 0.134 e. The minimum Gasteiger partial charge on any atom is -0.460 e. The van der Waals surface area contributed by atoms with E-state index < -0.39 is 0 Å². The number of hydrogen-bond donors (Lipinski definition) is 1. The van der Waals surface area contributed by atoms with E-state index in [-0.39, 0.29) is 5.60 Å². The second-order valence-electron chi connectivity index (χ2n) is 5.93. The Morgan fingerprint density at radius 3 is 2.95 bits per heavy atom. The van der Waals surface area contributed by atoms with E-state index in [1.165, 1.54) is 5.39 Å². The summed E-state index contributed by atoms with van der Waals surface area (Å²) >= 11 is 0. The zero-order chi connectivity index (χ0) is 13.3. The highest BCUT2D eigenvalue weighted by atomic mass is 16.5. The molecule has 0 spiro atoms. The van der Waals surface area contributed by atoms with Crippen LogP contribution in [0.3, 0.4) is 0 Å². The zero-order valence-corrected chi connectivity index (χ0v) is 11.6. The molecule has 2 heterocycles. The van der Waals surface area contributed by atoms with Gasteiger partial charge in [-0.3, -0.25) is 0 Å². The molecule has 1 unspecified atom stereocenters. The van der Waals surface area contributed by atoms with Crippen LogP contribution in [0.25, 0.3) is 11.0 Å². The predicted octanol–water partition coefficient (Wildman–Crippen LogP) is 3.48. The lowest BCUT2D eigenvalue weighted by molar-refractivity contribution is -0.0632. The third kappa shape index (κ3) is 2.99. The van der Waals surface area contributed by atoms with Crippen molar-refractivity contribution in [1.29, 1.82) is 0 Å². The van der Waals surface area contributed by atoms with Crippen LogP contribution in [0, 0.1) is 0 Å². The van der Waals surface area contributed by atoms with E-state index in [1.807, 2.05) is 18.2 Å². The molecule has 2 aromatic rings. The molecule has 3 nitrogen and oxygen atoms in total. The first-order valence-corrected chi connectivity index (χ1v) is 6.97. The Labute approximate surface area is 113 Å². The molecule has 0 aliphatic carbocycles. The molecule has 1 aliphatic heterocycles. The summed E-state index contributed by atoms with van der Waals surface area (Å²) < 4.78 is 11.5. The van der Waals surface area contributed by atoms with Crippen molar-refractivity contribution in [2.75, 3.05) is 6.61 Å². The lowest BCUT2D eigenvalue weighted by atomic mass is 9.94. The molecule has 19 heavy (non-hydrogen) atoms. The maximum atomic E-state index is 5.82. The van der Waals surface area contributed by atoms with Crippen molar-refractivity contribution < 1.29 is 9.15 Å². The topological polar surface area (TPSA) is 34.4 Å². The average Bonchev–Trinajstić information content (AvgIpc) is 2.78. The van der Waals surface area contributed by atoms with E-state index >= 15 is 0 Å². The normalized spacial score (nSPS) is 22.7. The molecule has 0 saturated carbocycles. The van der Waals surface area contributed by atoms with Crippen molar-refractivity contribution in [3.8, 4) is 0 Å². The van der Waals surface area contributed by atoms with Crippen LogP contribution < -0.4 is 5.32 Å². The van der Waals surface area contributed by atoms with Crippen LogP contribution in [0.2, 0.25) is 0 Å². The Bertz CT molecular complexity index is 526. The number of rotatable bonds is 3. The molecule has 0 bridgehead atoms. The van der Waals surface area contributed by atoms with Crippen molar-refractivity contribution in [2.24, 2.45) is 0 Å². The molecule has 0 radical (unpaired) electrons. The van der Waals surface area contributed by atoms with Crippen LogP contribution in [0.15, 0.2) is 34.7 Å². The van der Waals surface area contributed by atoms with Crippen molar-refractivity contribution >= 4 is 11.0 Å². The summed E-state index contributed by atoms with van der Waals surface area (Å²) in [4.78, 5) is 0. The predicted molar refractivity (Wildman–Crippen MR) is 76.1 cm³/mol. The maximum absolute atomic E-state index is 5.82. The first kappa shape index (κ1) is 12.7. The van der Waals surface area contributed by atoms with Crippen LogP contribution in [-0.2, 0) is 11.3 Å². The first-order chi connectivity index (χ1) is 9.12. The Balaban J connectivity index is 1.62. The van der Waals surface area contributed by atoms with Gasteiger partial charge in [0.1, 0.15) is 11.3 Å². The molecule has 1 aromatic heterocycles. The molecule has 1 N–H and O–H groups in total. The van der Waals surface area contributed by atoms with Gasteiger partial charge in [-0.2, -0.15) is 0 Å². The van der Waals surface area contributed by atoms with Gasteiger partial charge in [0.25, 0.3) is 0 Å². The monoisotopic (exact) mass is 259 g/mol. The summed E-state index contributed by atoms with van der Waals surface area (Å²) in [5.41, 5.74) is 0.954.